The fourth-order valence-electron chi connectivity index (χ4n) is 8.53. The number of anilines is 4. The van der Waals surface area contributed by atoms with E-state index in [1.54, 1.807) is 17.4 Å². The van der Waals surface area contributed by atoms with Crippen molar-refractivity contribution in [1.82, 2.24) is 15.0 Å². The number of fused-ring (bicyclic) bond motifs is 2. The molecule has 9 nitrogen and oxygen atoms in total. The zero-order chi connectivity index (χ0) is 38.1. The van der Waals surface area contributed by atoms with E-state index in [4.69, 9.17) is 4.98 Å². The molecule has 2 N–H and O–H groups in total. The summed E-state index contributed by atoms with van der Waals surface area (Å²) in [5, 5.41) is 21.3. The Morgan fingerprint density at radius 3 is 1.83 bits per heavy atom. The topological polar surface area (TPSA) is 120 Å². The van der Waals surface area contributed by atoms with E-state index in [-0.39, 0.29) is 38.8 Å². The molecule has 0 aliphatic heterocycles. The van der Waals surface area contributed by atoms with Gasteiger partial charge in [0.2, 0.25) is 5.95 Å². The summed E-state index contributed by atoms with van der Waals surface area (Å²) in [5.41, 5.74) is 5.74. The van der Waals surface area contributed by atoms with E-state index in [9.17, 15) is 19.8 Å². The number of hydrogen-bond donors (Lipinski definition) is 2. The highest BCUT2D eigenvalue weighted by molar-refractivity contribution is 7.17. The van der Waals surface area contributed by atoms with Crippen molar-refractivity contribution in [3.05, 3.63) is 73.9 Å². The number of pyridine rings is 1. The average molecular weight is 744 g/mol. The summed E-state index contributed by atoms with van der Waals surface area (Å²) in [6.45, 7) is 23.3. The second-order valence-electron chi connectivity index (χ2n) is 17.3. The van der Waals surface area contributed by atoms with Gasteiger partial charge >= 0.3 is 11.9 Å². The van der Waals surface area contributed by atoms with Gasteiger partial charge in [-0.25, -0.2) is 24.5 Å². The molecular weight excluding hydrogens is 691 g/mol. The molecule has 0 amide bonds. The van der Waals surface area contributed by atoms with Crippen LogP contribution in [0.25, 0.3) is 0 Å². The van der Waals surface area contributed by atoms with Crippen molar-refractivity contribution in [1.29, 1.82) is 0 Å². The van der Waals surface area contributed by atoms with Crippen molar-refractivity contribution in [3.8, 4) is 0 Å². The van der Waals surface area contributed by atoms with E-state index in [0.29, 0.717) is 5.95 Å². The number of nitrogens with zero attached hydrogens (tertiary/aromatic N) is 5. The van der Waals surface area contributed by atoms with Gasteiger partial charge in [0, 0.05) is 41.4 Å². The Hall–Kier alpha value is -3.83. The summed E-state index contributed by atoms with van der Waals surface area (Å²) in [5.74, 6) is -0.780. The van der Waals surface area contributed by atoms with Crippen molar-refractivity contribution in [3.63, 3.8) is 0 Å². The van der Waals surface area contributed by atoms with Gasteiger partial charge in [-0.05, 0) is 115 Å². The number of aromatic nitrogens is 3. The number of carboxylic acids is 2. The fraction of sp³-hybridized carbons (Fsp3) is 0.537. The third-order valence-corrected chi connectivity index (χ3v) is 15.3. The number of carbonyl (C=O) groups is 2. The van der Waals surface area contributed by atoms with Gasteiger partial charge in [-0.1, -0.05) is 48.5 Å². The molecule has 4 heterocycles. The van der Waals surface area contributed by atoms with Crippen LogP contribution in [-0.4, -0.2) is 50.2 Å². The molecule has 0 saturated carbocycles. The molecule has 4 aromatic heterocycles. The SMILES string of the molecule is Cc1c(N(c2ccc(C(=O)O)cn2)C(C)CCC2(C)CCC(C)(C)c3sc(N(C)c4ncc(C(=O)O)cn4)c(C)c32)sc2c1C(C)(C)CCC2(C)C. The van der Waals surface area contributed by atoms with Crippen molar-refractivity contribution >= 4 is 56.4 Å². The van der Waals surface area contributed by atoms with Gasteiger partial charge in [-0.3, -0.25) is 0 Å². The predicted octanol–water partition coefficient (Wildman–Crippen LogP) is 10.5. The smallest absolute Gasteiger partial charge is 0.338 e. The maximum Gasteiger partial charge on any atom is 0.338 e. The lowest BCUT2D eigenvalue weighted by Gasteiger charge is -2.43. The summed E-state index contributed by atoms with van der Waals surface area (Å²) < 4.78 is 0. The molecule has 0 fully saturated rings. The summed E-state index contributed by atoms with van der Waals surface area (Å²) in [4.78, 5) is 44.0. The van der Waals surface area contributed by atoms with Gasteiger partial charge in [-0.2, -0.15) is 0 Å². The molecule has 6 rings (SSSR count). The van der Waals surface area contributed by atoms with Crippen LogP contribution in [0.1, 0.15) is 147 Å². The van der Waals surface area contributed by atoms with Crippen molar-refractivity contribution < 1.29 is 19.8 Å². The van der Waals surface area contributed by atoms with Crippen molar-refractivity contribution in [2.75, 3.05) is 16.8 Å². The van der Waals surface area contributed by atoms with E-state index >= 15 is 0 Å². The normalized spacial score (nSPS) is 20.4. The predicted molar refractivity (Wildman–Crippen MR) is 212 cm³/mol. The molecule has 2 atom stereocenters. The number of hydrogen-bond acceptors (Lipinski definition) is 9. The van der Waals surface area contributed by atoms with E-state index in [1.807, 2.05) is 29.4 Å². The quantitative estimate of drug-likeness (QED) is 0.164. The van der Waals surface area contributed by atoms with Crippen LogP contribution < -0.4 is 9.80 Å². The largest absolute Gasteiger partial charge is 0.478 e. The van der Waals surface area contributed by atoms with E-state index in [2.05, 4.69) is 84.1 Å². The summed E-state index contributed by atoms with van der Waals surface area (Å²) in [6, 6.07) is 3.63. The molecule has 2 aliphatic carbocycles. The molecule has 4 aromatic rings. The molecule has 278 valence electrons. The fourth-order valence-corrected chi connectivity index (χ4v) is 11.8. The monoisotopic (exact) mass is 743 g/mol. The second-order valence-corrected chi connectivity index (χ2v) is 19.3. The van der Waals surface area contributed by atoms with Crippen LogP contribution in [-0.2, 0) is 21.7 Å². The number of thiophene rings is 2. The molecule has 0 aromatic carbocycles. The number of carboxylic acid groups (broad SMARTS) is 2. The highest BCUT2D eigenvalue weighted by Gasteiger charge is 2.45. The van der Waals surface area contributed by atoms with Gasteiger partial charge < -0.3 is 20.0 Å². The molecule has 0 saturated heterocycles. The zero-order valence-electron chi connectivity index (χ0n) is 32.5. The maximum absolute atomic E-state index is 11.8. The van der Waals surface area contributed by atoms with Gasteiger partial charge in [0.25, 0.3) is 0 Å². The van der Waals surface area contributed by atoms with Gasteiger partial charge in [0.05, 0.1) is 11.1 Å². The average Bonchev–Trinajstić information content (AvgIpc) is 3.64. The van der Waals surface area contributed by atoms with Crippen LogP contribution in [0.2, 0.25) is 0 Å². The zero-order valence-corrected chi connectivity index (χ0v) is 34.1. The lowest BCUT2D eigenvalue weighted by molar-refractivity contribution is 0.0685. The summed E-state index contributed by atoms with van der Waals surface area (Å²) >= 11 is 3.69. The molecule has 11 heteroatoms. The Morgan fingerprint density at radius 1 is 0.750 bits per heavy atom. The van der Waals surface area contributed by atoms with Gasteiger partial charge in [-0.15, -0.1) is 22.7 Å². The molecule has 0 spiro atoms. The molecule has 2 unspecified atom stereocenters. The Kier molecular flexibility index (Phi) is 9.65. The van der Waals surface area contributed by atoms with Crippen LogP contribution in [0.5, 0.6) is 0 Å². The number of rotatable bonds is 10. The highest BCUT2D eigenvalue weighted by Crippen LogP contribution is 2.57. The van der Waals surface area contributed by atoms with Crippen LogP contribution in [0, 0.1) is 13.8 Å². The second kappa shape index (κ2) is 13.2. The molecule has 0 bridgehead atoms. The molecule has 0 radical (unpaired) electrons. The van der Waals surface area contributed by atoms with Gasteiger partial charge in [0.1, 0.15) is 15.8 Å². The van der Waals surface area contributed by atoms with Crippen LogP contribution in [0.4, 0.5) is 21.8 Å². The maximum atomic E-state index is 11.8. The third-order valence-electron chi connectivity index (χ3n) is 11.9. The van der Waals surface area contributed by atoms with E-state index in [0.717, 1.165) is 49.3 Å². The Morgan fingerprint density at radius 2 is 1.27 bits per heavy atom. The van der Waals surface area contributed by atoms with E-state index < -0.39 is 11.9 Å². The standard InChI is InChI=1S/C41H53N5O4S2/c1-23(46(28-13-12-26(20-42-28)35(47)48)34-24(2)29-31(52-34)39(6,7)17-16-38(29,4)5)14-15-41(10)19-18-40(8,9)32-30(41)25(3)33(51-32)45(11)37-43-21-27(22-44-37)36(49)50/h12-13,20-23H,14-19H2,1-11H3,(H,47,48)(H,49,50). The minimum absolute atomic E-state index is 0.0115. The Labute approximate surface area is 316 Å². The molecule has 52 heavy (non-hydrogen) atoms. The Balaban J connectivity index is 1.37. The van der Waals surface area contributed by atoms with Crippen LogP contribution >= 0.6 is 22.7 Å². The Bertz CT molecular complexity index is 2010. The first kappa shape index (κ1) is 37.9. The minimum atomic E-state index is -1.04. The first-order valence-electron chi connectivity index (χ1n) is 18.2. The third kappa shape index (κ3) is 6.52. The molecule has 2 aliphatic rings. The first-order valence-corrected chi connectivity index (χ1v) is 19.9. The van der Waals surface area contributed by atoms with E-state index in [1.165, 1.54) is 55.6 Å². The van der Waals surface area contributed by atoms with Crippen molar-refractivity contribution in [2.45, 2.75) is 135 Å². The van der Waals surface area contributed by atoms with Crippen LogP contribution in [0.3, 0.4) is 0 Å². The first-order chi connectivity index (χ1) is 24.2. The lowest BCUT2D eigenvalue weighted by Crippen LogP contribution is -2.37. The number of aromatic carboxylic acids is 2. The summed E-state index contributed by atoms with van der Waals surface area (Å²) in [7, 11) is 1.96. The lowest BCUT2D eigenvalue weighted by atomic mass is 9.63. The minimum Gasteiger partial charge on any atom is -0.478 e. The summed E-state index contributed by atoms with van der Waals surface area (Å²) in [6.07, 6.45) is 10.5. The van der Waals surface area contributed by atoms with Crippen LogP contribution in [0.15, 0.2) is 30.7 Å². The van der Waals surface area contributed by atoms with Crippen molar-refractivity contribution in [2.24, 2.45) is 0 Å². The highest BCUT2D eigenvalue weighted by atomic mass is 32.1. The van der Waals surface area contributed by atoms with Gasteiger partial charge in [0.15, 0.2) is 0 Å². The molecular formula is C41H53N5O4S2.